The minimum absolute atomic E-state index is 0.368. The largest absolute Gasteiger partial charge is 0.479 e. The zero-order valence-corrected chi connectivity index (χ0v) is 8.78. The summed E-state index contributed by atoms with van der Waals surface area (Å²) in [6.07, 6.45) is 0.368. The number of amides is 1. The van der Waals surface area contributed by atoms with Crippen LogP contribution in [0.5, 0.6) is 0 Å². The lowest BCUT2D eigenvalue weighted by atomic mass is 10.0. The highest BCUT2D eigenvalue weighted by Gasteiger charge is 2.20. The van der Waals surface area contributed by atoms with E-state index in [9.17, 15) is 9.59 Å². The number of carbonyl (C=O) groups excluding carboxylic acids is 1. The van der Waals surface area contributed by atoms with Crippen LogP contribution in [0.2, 0.25) is 5.02 Å². The number of nitrogens with one attached hydrogen (secondary N) is 1. The molecule has 0 bridgehead atoms. The molecule has 0 spiro atoms. The molecule has 5 heteroatoms. The summed E-state index contributed by atoms with van der Waals surface area (Å²) in [6.45, 7) is 1.74. The highest BCUT2D eigenvalue weighted by molar-refractivity contribution is 6.30. The Labute approximate surface area is 91.9 Å². The van der Waals surface area contributed by atoms with E-state index in [1.165, 1.54) is 0 Å². The number of aryl methyl sites for hydroxylation is 1. The molecule has 4 nitrogen and oxygen atoms in total. The third-order valence-corrected chi connectivity index (χ3v) is 2.26. The maximum atomic E-state index is 10.9. The second kappa shape index (κ2) is 4.79. The van der Waals surface area contributed by atoms with E-state index < -0.39 is 12.0 Å². The first kappa shape index (κ1) is 11.5. The van der Waals surface area contributed by atoms with Crippen LogP contribution in [-0.4, -0.2) is 17.5 Å². The van der Waals surface area contributed by atoms with E-state index in [0.717, 1.165) is 5.56 Å². The van der Waals surface area contributed by atoms with Gasteiger partial charge in [-0.1, -0.05) is 17.7 Å². The van der Waals surface area contributed by atoms with Crippen LogP contribution in [0.3, 0.4) is 0 Å². The topological polar surface area (TPSA) is 66.4 Å². The van der Waals surface area contributed by atoms with Crippen LogP contribution in [0.15, 0.2) is 18.2 Å². The first-order valence-electron chi connectivity index (χ1n) is 4.25. The van der Waals surface area contributed by atoms with Crippen LogP contribution < -0.4 is 5.32 Å². The Morgan fingerprint density at radius 2 is 2.27 bits per heavy atom. The number of hydrogen-bond acceptors (Lipinski definition) is 2. The molecule has 1 atom stereocenters. The van der Waals surface area contributed by atoms with Crippen molar-refractivity contribution in [3.63, 3.8) is 0 Å². The van der Waals surface area contributed by atoms with E-state index in [2.05, 4.69) is 5.32 Å². The van der Waals surface area contributed by atoms with Gasteiger partial charge in [0.15, 0.2) is 6.04 Å². The summed E-state index contributed by atoms with van der Waals surface area (Å²) in [5.74, 6) is -1.10. The van der Waals surface area contributed by atoms with Crippen LogP contribution in [0.25, 0.3) is 0 Å². The fraction of sp³-hybridized carbons (Fsp3) is 0.200. The molecular weight excluding hydrogens is 218 g/mol. The molecule has 0 heterocycles. The summed E-state index contributed by atoms with van der Waals surface area (Å²) in [6, 6.07) is 3.80. The number of carbonyl (C=O) groups is 2. The number of rotatable bonds is 4. The highest BCUT2D eigenvalue weighted by atomic mass is 35.5. The number of carboxylic acid groups (broad SMARTS) is 1. The molecule has 2 N–H and O–H groups in total. The molecule has 0 aliphatic heterocycles. The van der Waals surface area contributed by atoms with Gasteiger partial charge >= 0.3 is 5.97 Å². The lowest BCUT2D eigenvalue weighted by Gasteiger charge is -2.14. The van der Waals surface area contributed by atoms with Crippen molar-refractivity contribution in [2.45, 2.75) is 13.0 Å². The van der Waals surface area contributed by atoms with Crippen molar-refractivity contribution in [1.29, 1.82) is 0 Å². The van der Waals surface area contributed by atoms with E-state index >= 15 is 0 Å². The van der Waals surface area contributed by atoms with Gasteiger partial charge in [0, 0.05) is 5.02 Å². The van der Waals surface area contributed by atoms with Crippen LogP contribution in [0, 0.1) is 6.92 Å². The fourth-order valence-electron chi connectivity index (χ4n) is 1.33. The molecule has 1 rings (SSSR count). The van der Waals surface area contributed by atoms with Gasteiger partial charge in [-0.15, -0.1) is 0 Å². The number of hydrogen-bond donors (Lipinski definition) is 2. The first-order chi connectivity index (χ1) is 7.06. The third-order valence-electron chi connectivity index (χ3n) is 2.02. The summed E-state index contributed by atoms with van der Waals surface area (Å²) in [4.78, 5) is 21.1. The second-order valence-corrected chi connectivity index (χ2v) is 3.49. The van der Waals surface area contributed by atoms with Gasteiger partial charge in [0.1, 0.15) is 0 Å². The van der Waals surface area contributed by atoms with Crippen molar-refractivity contribution in [2.75, 3.05) is 0 Å². The van der Waals surface area contributed by atoms with Crippen LogP contribution in [-0.2, 0) is 9.59 Å². The predicted octanol–water partition coefficient (Wildman–Crippen LogP) is 1.52. The smallest absolute Gasteiger partial charge is 0.330 e. The second-order valence-electron chi connectivity index (χ2n) is 3.06. The number of halogens is 1. The summed E-state index contributed by atoms with van der Waals surface area (Å²) in [7, 11) is 0. The third kappa shape index (κ3) is 2.70. The molecule has 1 aromatic rings. The lowest BCUT2D eigenvalue weighted by molar-refractivity contribution is -0.140. The maximum Gasteiger partial charge on any atom is 0.330 e. The lowest BCUT2D eigenvalue weighted by Crippen LogP contribution is -2.27. The van der Waals surface area contributed by atoms with Crippen molar-refractivity contribution in [3.8, 4) is 0 Å². The minimum atomic E-state index is -1.10. The predicted molar refractivity (Wildman–Crippen MR) is 55.8 cm³/mol. The van der Waals surface area contributed by atoms with E-state index in [1.54, 1.807) is 25.1 Å². The Kier molecular flexibility index (Phi) is 3.68. The fourth-order valence-corrected chi connectivity index (χ4v) is 1.55. The SMILES string of the molecule is Cc1cc(Cl)ccc1C(NC=O)C(=O)O. The molecule has 0 radical (unpaired) electrons. The van der Waals surface area contributed by atoms with Gasteiger partial charge in [0.2, 0.25) is 6.41 Å². The van der Waals surface area contributed by atoms with E-state index in [1.807, 2.05) is 0 Å². The van der Waals surface area contributed by atoms with Crippen LogP contribution >= 0.6 is 11.6 Å². The summed E-state index contributed by atoms with van der Waals surface area (Å²) in [5.41, 5.74) is 1.25. The molecule has 15 heavy (non-hydrogen) atoms. The molecule has 0 saturated carbocycles. The normalized spacial score (nSPS) is 11.9. The monoisotopic (exact) mass is 227 g/mol. The molecular formula is C10H10ClNO3. The highest BCUT2D eigenvalue weighted by Crippen LogP contribution is 2.21. The van der Waals surface area contributed by atoms with Gasteiger partial charge in [0.25, 0.3) is 0 Å². The average molecular weight is 228 g/mol. The Balaban J connectivity index is 3.10. The first-order valence-corrected chi connectivity index (χ1v) is 4.62. The van der Waals surface area contributed by atoms with Gasteiger partial charge in [0.05, 0.1) is 0 Å². The van der Waals surface area contributed by atoms with Crippen LogP contribution in [0.1, 0.15) is 17.2 Å². The summed E-state index contributed by atoms with van der Waals surface area (Å²) < 4.78 is 0. The molecule has 80 valence electrons. The molecule has 1 aromatic carbocycles. The minimum Gasteiger partial charge on any atom is -0.479 e. The molecule has 0 aliphatic rings. The van der Waals surface area contributed by atoms with Crippen molar-refractivity contribution >= 4 is 24.0 Å². The molecule has 0 aliphatic carbocycles. The Morgan fingerprint density at radius 1 is 1.60 bits per heavy atom. The summed E-state index contributed by atoms with van der Waals surface area (Å²) >= 11 is 5.74. The molecule has 1 unspecified atom stereocenters. The number of aliphatic carboxylic acids is 1. The van der Waals surface area contributed by atoms with Gasteiger partial charge in [-0.3, -0.25) is 4.79 Å². The van der Waals surface area contributed by atoms with Crippen molar-refractivity contribution in [3.05, 3.63) is 34.3 Å². The quantitative estimate of drug-likeness (QED) is 0.767. The van der Waals surface area contributed by atoms with E-state index in [-0.39, 0.29) is 0 Å². The Morgan fingerprint density at radius 3 is 2.73 bits per heavy atom. The standard InChI is InChI=1S/C10H10ClNO3/c1-6-4-7(11)2-3-8(6)9(10(14)15)12-5-13/h2-5,9H,1H3,(H,12,13)(H,14,15). The number of benzene rings is 1. The number of carboxylic acids is 1. The van der Waals surface area contributed by atoms with Gasteiger partial charge < -0.3 is 10.4 Å². The van der Waals surface area contributed by atoms with Gasteiger partial charge in [-0.05, 0) is 30.2 Å². The van der Waals surface area contributed by atoms with Crippen molar-refractivity contribution < 1.29 is 14.7 Å². The van der Waals surface area contributed by atoms with E-state index in [0.29, 0.717) is 17.0 Å². The molecule has 0 aromatic heterocycles. The van der Waals surface area contributed by atoms with Crippen molar-refractivity contribution in [2.24, 2.45) is 0 Å². The summed E-state index contributed by atoms with van der Waals surface area (Å²) in [5, 5.41) is 11.7. The maximum absolute atomic E-state index is 10.9. The molecule has 0 fully saturated rings. The van der Waals surface area contributed by atoms with Crippen molar-refractivity contribution in [1.82, 2.24) is 5.32 Å². The molecule has 1 amide bonds. The van der Waals surface area contributed by atoms with E-state index in [4.69, 9.17) is 16.7 Å². The Hall–Kier alpha value is -1.55. The zero-order chi connectivity index (χ0) is 11.4. The zero-order valence-electron chi connectivity index (χ0n) is 8.03. The molecule has 0 saturated heterocycles. The van der Waals surface area contributed by atoms with Crippen LogP contribution in [0.4, 0.5) is 0 Å². The van der Waals surface area contributed by atoms with Gasteiger partial charge in [-0.2, -0.15) is 0 Å². The Bertz CT molecular complexity index is 392. The van der Waals surface area contributed by atoms with Gasteiger partial charge in [-0.25, -0.2) is 4.79 Å². The average Bonchev–Trinajstić information content (AvgIpc) is 2.15.